The first-order valence-electron chi connectivity index (χ1n) is 6.82. The molecule has 1 aromatic rings. The molecule has 1 heterocycles. The fraction of sp³-hybridized carbons (Fsp3) is 0.533. The van der Waals surface area contributed by atoms with Gasteiger partial charge < -0.3 is 15.8 Å². The largest absolute Gasteiger partial charge is 0.368 e. The molecule has 1 aliphatic heterocycles. The normalized spacial score (nSPS) is 24.2. The molecule has 3 unspecified atom stereocenters. The molecule has 1 amide bonds. The second-order valence-electron chi connectivity index (χ2n) is 5.23. The van der Waals surface area contributed by atoms with E-state index in [1.54, 1.807) is 0 Å². The Balaban J connectivity index is 1.95. The highest BCUT2D eigenvalue weighted by atomic mass is 16.5. The highest BCUT2D eigenvalue weighted by Crippen LogP contribution is 2.21. The number of rotatable bonds is 4. The summed E-state index contributed by atoms with van der Waals surface area (Å²) in [6, 6.07) is 7.98. The third-order valence-electron chi connectivity index (χ3n) is 3.72. The Bertz CT molecular complexity index is 430. The van der Waals surface area contributed by atoms with Crippen LogP contribution in [-0.4, -0.2) is 18.6 Å². The Labute approximate surface area is 114 Å². The van der Waals surface area contributed by atoms with E-state index in [4.69, 9.17) is 10.5 Å². The molecule has 19 heavy (non-hydrogen) atoms. The summed E-state index contributed by atoms with van der Waals surface area (Å²) in [6.45, 7) is 5.25. The van der Waals surface area contributed by atoms with Gasteiger partial charge in [0.05, 0.1) is 6.04 Å². The van der Waals surface area contributed by atoms with E-state index in [0.29, 0.717) is 19.1 Å². The van der Waals surface area contributed by atoms with Gasteiger partial charge >= 0.3 is 0 Å². The molecule has 1 aliphatic rings. The first-order valence-corrected chi connectivity index (χ1v) is 6.82. The molecule has 0 spiro atoms. The smallest absolute Gasteiger partial charge is 0.249 e. The number of nitrogens with two attached hydrogens (primary N) is 1. The van der Waals surface area contributed by atoms with Gasteiger partial charge in [-0.15, -0.1) is 0 Å². The van der Waals surface area contributed by atoms with Crippen LogP contribution in [0.1, 0.15) is 37.4 Å². The van der Waals surface area contributed by atoms with E-state index in [2.05, 4.69) is 12.2 Å². The number of carbonyl (C=O) groups is 1. The highest BCUT2D eigenvalue weighted by Gasteiger charge is 2.31. The van der Waals surface area contributed by atoms with Crippen LogP contribution in [-0.2, 0) is 16.1 Å². The highest BCUT2D eigenvalue weighted by molar-refractivity contribution is 5.81. The maximum absolute atomic E-state index is 12.1. The molecule has 4 nitrogen and oxygen atoms in total. The van der Waals surface area contributed by atoms with E-state index in [0.717, 1.165) is 17.5 Å². The number of amides is 1. The van der Waals surface area contributed by atoms with Crippen molar-refractivity contribution in [3.8, 4) is 0 Å². The Kier molecular flexibility index (Phi) is 4.56. The van der Waals surface area contributed by atoms with Crippen molar-refractivity contribution >= 4 is 5.91 Å². The van der Waals surface area contributed by atoms with Gasteiger partial charge in [0.1, 0.15) is 6.10 Å². The van der Waals surface area contributed by atoms with E-state index < -0.39 is 0 Å². The molecule has 0 radical (unpaired) electrons. The van der Waals surface area contributed by atoms with Crippen LogP contribution in [0.2, 0.25) is 0 Å². The van der Waals surface area contributed by atoms with Crippen molar-refractivity contribution < 1.29 is 9.53 Å². The zero-order valence-corrected chi connectivity index (χ0v) is 11.6. The van der Waals surface area contributed by atoms with Crippen molar-refractivity contribution in [3.63, 3.8) is 0 Å². The molecular weight excluding hydrogens is 240 g/mol. The fourth-order valence-corrected chi connectivity index (χ4v) is 2.35. The van der Waals surface area contributed by atoms with Crippen molar-refractivity contribution in [1.82, 2.24) is 5.32 Å². The van der Waals surface area contributed by atoms with Gasteiger partial charge in [-0.2, -0.15) is 0 Å². The third-order valence-corrected chi connectivity index (χ3v) is 3.72. The van der Waals surface area contributed by atoms with Gasteiger partial charge in [-0.3, -0.25) is 4.79 Å². The van der Waals surface area contributed by atoms with Gasteiger partial charge in [0.15, 0.2) is 0 Å². The van der Waals surface area contributed by atoms with Crippen LogP contribution in [0.25, 0.3) is 0 Å². The molecule has 3 N–H and O–H groups in total. The second kappa shape index (κ2) is 6.17. The first kappa shape index (κ1) is 14.0. The number of benzene rings is 1. The quantitative estimate of drug-likeness (QED) is 0.869. The molecule has 1 fully saturated rings. The minimum Gasteiger partial charge on any atom is -0.368 e. The van der Waals surface area contributed by atoms with Gasteiger partial charge in [-0.25, -0.2) is 0 Å². The molecule has 0 saturated carbocycles. The van der Waals surface area contributed by atoms with Crippen LogP contribution in [0.5, 0.6) is 0 Å². The number of hydrogen-bond acceptors (Lipinski definition) is 3. The van der Waals surface area contributed by atoms with Crippen molar-refractivity contribution in [2.45, 2.75) is 39.0 Å². The van der Waals surface area contributed by atoms with E-state index >= 15 is 0 Å². The molecule has 4 heteroatoms. The lowest BCUT2D eigenvalue weighted by molar-refractivity contribution is -0.132. The van der Waals surface area contributed by atoms with Gasteiger partial charge in [-0.05, 0) is 30.4 Å². The van der Waals surface area contributed by atoms with Crippen molar-refractivity contribution in [2.75, 3.05) is 6.61 Å². The van der Waals surface area contributed by atoms with E-state index in [1.165, 1.54) is 0 Å². The summed E-state index contributed by atoms with van der Waals surface area (Å²) in [7, 11) is 0. The van der Waals surface area contributed by atoms with Crippen LogP contribution in [0, 0.1) is 5.92 Å². The summed E-state index contributed by atoms with van der Waals surface area (Å²) in [6.07, 6.45) is 0.656. The lowest BCUT2D eigenvalue weighted by Crippen LogP contribution is -2.38. The number of carbonyl (C=O) groups excluding carboxylic acids is 1. The Hall–Kier alpha value is -1.39. The zero-order valence-electron chi connectivity index (χ0n) is 11.6. The third kappa shape index (κ3) is 3.33. The van der Waals surface area contributed by atoms with Crippen molar-refractivity contribution in [3.05, 3.63) is 35.4 Å². The number of ether oxygens (including phenoxy) is 1. The van der Waals surface area contributed by atoms with Gasteiger partial charge in [0.2, 0.25) is 5.91 Å². The maximum Gasteiger partial charge on any atom is 0.249 e. The molecule has 2 rings (SSSR count). The Morgan fingerprint density at radius 1 is 1.47 bits per heavy atom. The SMILES string of the molecule is CC(NC(=O)C1OCCC1C)c1ccc(CN)cc1. The molecule has 1 aromatic carbocycles. The molecule has 0 bridgehead atoms. The molecule has 3 atom stereocenters. The van der Waals surface area contributed by atoms with Crippen molar-refractivity contribution in [2.24, 2.45) is 11.7 Å². The molecule has 1 saturated heterocycles. The van der Waals surface area contributed by atoms with Gasteiger partial charge in [-0.1, -0.05) is 31.2 Å². The van der Waals surface area contributed by atoms with E-state index in [1.807, 2.05) is 31.2 Å². The summed E-state index contributed by atoms with van der Waals surface area (Å²) in [4.78, 5) is 12.1. The van der Waals surface area contributed by atoms with Crippen molar-refractivity contribution in [1.29, 1.82) is 0 Å². The Morgan fingerprint density at radius 2 is 2.16 bits per heavy atom. The van der Waals surface area contributed by atoms with Gasteiger partial charge in [0.25, 0.3) is 0 Å². The monoisotopic (exact) mass is 262 g/mol. The van der Waals surface area contributed by atoms with Crippen LogP contribution in [0.15, 0.2) is 24.3 Å². The average Bonchev–Trinajstić information content (AvgIpc) is 2.85. The predicted octanol–water partition coefficient (Wildman–Crippen LogP) is 1.75. The van der Waals surface area contributed by atoms with E-state index in [-0.39, 0.29) is 18.1 Å². The lowest BCUT2D eigenvalue weighted by Gasteiger charge is -2.19. The number of hydrogen-bond donors (Lipinski definition) is 2. The van der Waals surface area contributed by atoms with Crippen LogP contribution in [0.3, 0.4) is 0 Å². The summed E-state index contributed by atoms with van der Waals surface area (Å²) >= 11 is 0. The topological polar surface area (TPSA) is 64.3 Å². The van der Waals surface area contributed by atoms with Crippen LogP contribution >= 0.6 is 0 Å². The Morgan fingerprint density at radius 3 is 2.68 bits per heavy atom. The fourth-order valence-electron chi connectivity index (χ4n) is 2.35. The summed E-state index contributed by atoms with van der Waals surface area (Å²) in [5, 5.41) is 3.01. The molecule has 104 valence electrons. The molecule has 0 aromatic heterocycles. The summed E-state index contributed by atoms with van der Waals surface area (Å²) < 4.78 is 5.47. The standard InChI is InChI=1S/C15H22N2O2/c1-10-7-8-19-14(10)15(18)17-11(2)13-5-3-12(9-16)4-6-13/h3-6,10-11,14H,7-9,16H2,1-2H3,(H,17,18). The molecular formula is C15H22N2O2. The first-order chi connectivity index (χ1) is 9.11. The zero-order chi connectivity index (χ0) is 13.8. The predicted molar refractivity (Wildman–Crippen MR) is 74.4 cm³/mol. The minimum absolute atomic E-state index is 0.0135. The summed E-state index contributed by atoms with van der Waals surface area (Å²) in [5.41, 5.74) is 7.74. The molecule has 0 aliphatic carbocycles. The lowest BCUT2D eigenvalue weighted by atomic mass is 10.0. The van der Waals surface area contributed by atoms with Crippen LogP contribution in [0.4, 0.5) is 0 Å². The average molecular weight is 262 g/mol. The maximum atomic E-state index is 12.1. The summed E-state index contributed by atoms with van der Waals surface area (Å²) in [5.74, 6) is 0.284. The minimum atomic E-state index is -0.300. The number of nitrogens with one attached hydrogen (secondary N) is 1. The van der Waals surface area contributed by atoms with Crippen LogP contribution < -0.4 is 11.1 Å². The second-order valence-corrected chi connectivity index (χ2v) is 5.23. The van der Waals surface area contributed by atoms with Gasteiger partial charge in [0, 0.05) is 13.2 Å². The van der Waals surface area contributed by atoms with E-state index in [9.17, 15) is 4.79 Å².